The number of ether oxygens (including phenoxy) is 1. The van der Waals surface area contributed by atoms with Crippen LogP contribution in [0.4, 0.5) is 5.69 Å². The third kappa shape index (κ3) is 4.53. The molecule has 2 amide bonds. The third-order valence-corrected chi connectivity index (χ3v) is 6.02. The number of hydrogen-bond donors (Lipinski definition) is 0. The summed E-state index contributed by atoms with van der Waals surface area (Å²) >= 11 is 0. The molecule has 0 N–H and O–H groups in total. The lowest BCUT2D eigenvalue weighted by Gasteiger charge is -2.37. The second-order valence-electron chi connectivity index (χ2n) is 8.30. The zero-order chi connectivity index (χ0) is 22.6. The van der Waals surface area contributed by atoms with Gasteiger partial charge in [0.2, 0.25) is 0 Å². The lowest BCUT2D eigenvalue weighted by atomic mass is 10.1. The predicted octanol–water partition coefficient (Wildman–Crippen LogP) is 3.69. The SMILES string of the molecule is O=C(C1CN(C(=O)C=Cc2cnn(-c3ccccc3)c2)c2ccccc2O1)N1CCCCC1. The van der Waals surface area contributed by atoms with Crippen LogP contribution in [-0.4, -0.2) is 52.2 Å². The van der Waals surface area contributed by atoms with Gasteiger partial charge in [0.05, 0.1) is 24.1 Å². The summed E-state index contributed by atoms with van der Waals surface area (Å²) in [7, 11) is 0. The van der Waals surface area contributed by atoms with Crippen LogP contribution in [0.2, 0.25) is 0 Å². The summed E-state index contributed by atoms with van der Waals surface area (Å²) in [6.07, 6.45) is 9.33. The van der Waals surface area contributed by atoms with E-state index in [1.807, 2.05) is 59.6 Å². The normalized spacial score (nSPS) is 18.1. The summed E-state index contributed by atoms with van der Waals surface area (Å²) < 4.78 is 7.79. The standard InChI is InChI=1S/C26H26N4O3/c31-25(14-13-20-17-27-30(18-20)21-9-3-1-4-10-21)29-19-24(26(32)28-15-7-2-8-16-28)33-23-12-6-5-11-22(23)29/h1,3-6,9-14,17-18,24H,2,7-8,15-16,19H2. The molecule has 7 nitrogen and oxygen atoms in total. The van der Waals surface area contributed by atoms with Crippen LogP contribution in [0.15, 0.2) is 73.1 Å². The molecule has 1 fully saturated rings. The number of benzene rings is 2. The fourth-order valence-electron chi connectivity index (χ4n) is 4.29. The molecule has 2 aromatic carbocycles. The number of likely N-dealkylation sites (tertiary alicyclic amines) is 1. The van der Waals surface area contributed by atoms with E-state index in [0.717, 1.165) is 43.6 Å². The molecule has 1 atom stereocenters. The van der Waals surface area contributed by atoms with Gasteiger partial charge in [-0.05, 0) is 49.6 Å². The van der Waals surface area contributed by atoms with E-state index in [-0.39, 0.29) is 18.4 Å². The minimum atomic E-state index is -0.698. The first-order chi connectivity index (χ1) is 16.2. The van der Waals surface area contributed by atoms with E-state index in [1.54, 1.807) is 27.9 Å². The van der Waals surface area contributed by atoms with Gasteiger partial charge in [-0.1, -0.05) is 30.3 Å². The minimum Gasteiger partial charge on any atom is -0.476 e. The van der Waals surface area contributed by atoms with Gasteiger partial charge < -0.3 is 14.5 Å². The van der Waals surface area contributed by atoms with E-state index in [9.17, 15) is 9.59 Å². The second-order valence-corrected chi connectivity index (χ2v) is 8.30. The van der Waals surface area contributed by atoms with Gasteiger partial charge in [0.25, 0.3) is 11.8 Å². The molecule has 0 spiro atoms. The van der Waals surface area contributed by atoms with Gasteiger partial charge in [-0.15, -0.1) is 0 Å². The van der Waals surface area contributed by atoms with E-state index in [1.165, 1.54) is 6.08 Å². The monoisotopic (exact) mass is 442 g/mol. The molecule has 3 heterocycles. The first kappa shape index (κ1) is 21.0. The van der Waals surface area contributed by atoms with E-state index in [4.69, 9.17) is 4.74 Å². The Bertz CT molecular complexity index is 1170. The van der Waals surface area contributed by atoms with Gasteiger partial charge >= 0.3 is 0 Å². The fraction of sp³-hybridized carbons (Fsp3) is 0.269. The van der Waals surface area contributed by atoms with Crippen molar-refractivity contribution in [3.63, 3.8) is 0 Å². The van der Waals surface area contributed by atoms with Crippen LogP contribution < -0.4 is 9.64 Å². The summed E-state index contributed by atoms with van der Waals surface area (Å²) in [5, 5.41) is 4.37. The second kappa shape index (κ2) is 9.32. The molecular formula is C26H26N4O3. The number of rotatable bonds is 4. The Morgan fingerprint density at radius 1 is 0.970 bits per heavy atom. The van der Waals surface area contributed by atoms with E-state index < -0.39 is 6.10 Å². The Morgan fingerprint density at radius 2 is 1.73 bits per heavy atom. The first-order valence-corrected chi connectivity index (χ1v) is 11.3. The highest BCUT2D eigenvalue weighted by atomic mass is 16.5. The molecule has 0 saturated carbocycles. The van der Waals surface area contributed by atoms with Crippen LogP contribution in [0.3, 0.4) is 0 Å². The number of anilines is 1. The zero-order valence-corrected chi connectivity index (χ0v) is 18.3. The molecule has 2 aliphatic rings. The summed E-state index contributed by atoms with van der Waals surface area (Å²) in [6.45, 7) is 1.69. The topological polar surface area (TPSA) is 67.7 Å². The molecule has 1 saturated heterocycles. The summed E-state index contributed by atoms with van der Waals surface area (Å²) in [5.41, 5.74) is 2.44. The number of aromatic nitrogens is 2. The Labute approximate surface area is 192 Å². The Hall–Kier alpha value is -3.87. The Balaban J connectivity index is 1.34. The summed E-state index contributed by atoms with van der Waals surface area (Å²) in [4.78, 5) is 29.8. The highest BCUT2D eigenvalue weighted by Crippen LogP contribution is 2.34. The van der Waals surface area contributed by atoms with Crippen LogP contribution in [0, 0.1) is 0 Å². The molecule has 7 heteroatoms. The van der Waals surface area contributed by atoms with Gasteiger partial charge in [-0.3, -0.25) is 9.59 Å². The van der Waals surface area contributed by atoms with Gasteiger partial charge in [0.15, 0.2) is 6.10 Å². The van der Waals surface area contributed by atoms with E-state index in [0.29, 0.717) is 11.4 Å². The Morgan fingerprint density at radius 3 is 2.55 bits per heavy atom. The molecule has 0 bridgehead atoms. The van der Waals surface area contributed by atoms with Crippen molar-refractivity contribution in [1.29, 1.82) is 0 Å². The molecule has 2 aliphatic heterocycles. The number of para-hydroxylation sites is 3. The molecule has 0 aliphatic carbocycles. The zero-order valence-electron chi connectivity index (χ0n) is 18.3. The molecule has 1 unspecified atom stereocenters. The van der Waals surface area contributed by atoms with Crippen molar-refractivity contribution in [3.8, 4) is 11.4 Å². The molecule has 33 heavy (non-hydrogen) atoms. The number of fused-ring (bicyclic) bond motifs is 1. The van der Waals surface area contributed by atoms with Crippen LogP contribution in [0.1, 0.15) is 24.8 Å². The van der Waals surface area contributed by atoms with E-state index in [2.05, 4.69) is 5.10 Å². The van der Waals surface area contributed by atoms with Crippen molar-refractivity contribution in [2.75, 3.05) is 24.5 Å². The molecule has 5 rings (SSSR count). The first-order valence-electron chi connectivity index (χ1n) is 11.3. The number of carbonyl (C=O) groups excluding carboxylic acids is 2. The average Bonchev–Trinajstić information content (AvgIpc) is 3.36. The number of carbonyl (C=O) groups is 2. The third-order valence-electron chi connectivity index (χ3n) is 6.02. The Kier molecular flexibility index (Phi) is 5.93. The fourth-order valence-corrected chi connectivity index (χ4v) is 4.29. The minimum absolute atomic E-state index is 0.0462. The molecule has 0 radical (unpaired) electrons. The van der Waals surface area contributed by atoms with Gasteiger partial charge in [0.1, 0.15) is 5.75 Å². The smallest absolute Gasteiger partial charge is 0.265 e. The lowest BCUT2D eigenvalue weighted by molar-refractivity contribution is -0.139. The van der Waals surface area contributed by atoms with Crippen LogP contribution >= 0.6 is 0 Å². The van der Waals surface area contributed by atoms with Crippen molar-refractivity contribution in [2.24, 2.45) is 0 Å². The molecule has 3 aromatic rings. The summed E-state index contributed by atoms with van der Waals surface area (Å²) in [6, 6.07) is 17.2. The van der Waals surface area contributed by atoms with E-state index >= 15 is 0 Å². The van der Waals surface area contributed by atoms with Crippen LogP contribution in [0.25, 0.3) is 11.8 Å². The molecule has 1 aromatic heterocycles. The highest BCUT2D eigenvalue weighted by Gasteiger charge is 2.35. The lowest BCUT2D eigenvalue weighted by Crippen LogP contribution is -2.52. The maximum atomic E-state index is 13.2. The summed E-state index contributed by atoms with van der Waals surface area (Å²) in [5.74, 6) is 0.308. The van der Waals surface area contributed by atoms with Crippen molar-refractivity contribution in [2.45, 2.75) is 25.4 Å². The van der Waals surface area contributed by atoms with Crippen molar-refractivity contribution >= 4 is 23.6 Å². The van der Waals surface area contributed by atoms with Crippen LogP contribution in [-0.2, 0) is 9.59 Å². The quantitative estimate of drug-likeness (QED) is 0.578. The maximum Gasteiger partial charge on any atom is 0.265 e. The average molecular weight is 443 g/mol. The van der Waals surface area contributed by atoms with Crippen molar-refractivity contribution < 1.29 is 14.3 Å². The maximum absolute atomic E-state index is 13.2. The number of hydrogen-bond acceptors (Lipinski definition) is 4. The number of amides is 2. The largest absolute Gasteiger partial charge is 0.476 e. The van der Waals surface area contributed by atoms with Gasteiger partial charge in [-0.2, -0.15) is 5.10 Å². The van der Waals surface area contributed by atoms with Gasteiger partial charge in [0, 0.05) is 30.9 Å². The predicted molar refractivity (Wildman–Crippen MR) is 126 cm³/mol. The molecule has 168 valence electrons. The van der Waals surface area contributed by atoms with Crippen LogP contribution in [0.5, 0.6) is 5.75 Å². The van der Waals surface area contributed by atoms with Crippen molar-refractivity contribution in [1.82, 2.24) is 14.7 Å². The molecular weight excluding hydrogens is 416 g/mol. The number of piperidine rings is 1. The highest BCUT2D eigenvalue weighted by molar-refractivity contribution is 6.05. The number of nitrogens with zero attached hydrogens (tertiary/aromatic N) is 4. The van der Waals surface area contributed by atoms with Gasteiger partial charge in [-0.25, -0.2) is 4.68 Å². The van der Waals surface area contributed by atoms with Crippen molar-refractivity contribution in [3.05, 3.63) is 78.6 Å².